The molecule has 0 saturated heterocycles. The molecule has 7 rings (SSSR count). The summed E-state index contributed by atoms with van der Waals surface area (Å²) in [4.78, 5) is 15.7. The smallest absolute Gasteiger partial charge is 0.409 e. The standard InChI is InChI=1S/C36H27N5.Pt/c1-36(2,34-12-6-8-20-38-34)26-14-16-32-30(24-26)31-25-29(15-17-33(31)41(32)28-18-22-37-23-19-28)40(27-10-4-3-5-11-27)35-13-7-9-21-39-35;/h3-23H,1-2H3;/q-2;+2. The first-order valence-electron chi connectivity index (χ1n) is 13.6. The molecule has 3 aromatic carbocycles. The molecule has 4 aromatic heterocycles. The van der Waals surface area contributed by atoms with E-state index in [9.17, 15) is 0 Å². The summed E-state index contributed by atoms with van der Waals surface area (Å²) in [5, 5.41) is 2.00. The zero-order valence-corrected chi connectivity index (χ0v) is 25.4. The summed E-state index contributed by atoms with van der Waals surface area (Å²) in [6.07, 6.45) is 7.32. The van der Waals surface area contributed by atoms with Crippen molar-refractivity contribution >= 4 is 39.0 Å². The first kappa shape index (κ1) is 27.6. The first-order chi connectivity index (χ1) is 20.1. The third-order valence-corrected chi connectivity index (χ3v) is 7.60. The van der Waals surface area contributed by atoms with Crippen LogP contribution in [0.15, 0.2) is 128 Å². The van der Waals surface area contributed by atoms with Gasteiger partial charge in [-0.05, 0) is 54.2 Å². The second kappa shape index (κ2) is 11.3. The van der Waals surface area contributed by atoms with E-state index in [1.165, 1.54) is 0 Å². The summed E-state index contributed by atoms with van der Waals surface area (Å²) in [6.45, 7) is 4.39. The Balaban J connectivity index is 0.00000316. The quantitative estimate of drug-likeness (QED) is 0.162. The molecule has 0 radical (unpaired) electrons. The van der Waals surface area contributed by atoms with E-state index in [2.05, 4.69) is 92.9 Å². The largest absolute Gasteiger partial charge is 2.00 e. The molecule has 0 amide bonds. The van der Waals surface area contributed by atoms with Gasteiger partial charge in [-0.15, -0.1) is 29.8 Å². The van der Waals surface area contributed by atoms with Crippen LogP contribution in [0, 0.1) is 12.1 Å². The maximum atomic E-state index is 4.69. The maximum absolute atomic E-state index is 4.69. The van der Waals surface area contributed by atoms with Crippen molar-refractivity contribution in [1.82, 2.24) is 19.5 Å². The van der Waals surface area contributed by atoms with Crippen LogP contribution in [0.3, 0.4) is 0 Å². The van der Waals surface area contributed by atoms with Gasteiger partial charge in [0.25, 0.3) is 0 Å². The van der Waals surface area contributed by atoms with Gasteiger partial charge in [0.1, 0.15) is 5.82 Å². The number of aromatic nitrogens is 4. The van der Waals surface area contributed by atoms with Crippen molar-refractivity contribution in [3.8, 4) is 5.69 Å². The normalized spacial score (nSPS) is 11.4. The van der Waals surface area contributed by atoms with Crippen molar-refractivity contribution in [2.45, 2.75) is 19.3 Å². The molecule has 42 heavy (non-hydrogen) atoms. The van der Waals surface area contributed by atoms with Gasteiger partial charge in [-0.2, -0.15) is 17.5 Å². The van der Waals surface area contributed by atoms with Crippen LogP contribution in [0.25, 0.3) is 27.5 Å². The van der Waals surface area contributed by atoms with E-state index in [0.717, 1.165) is 55.9 Å². The summed E-state index contributed by atoms with van der Waals surface area (Å²) in [7, 11) is 0. The van der Waals surface area contributed by atoms with Crippen molar-refractivity contribution in [2.75, 3.05) is 4.90 Å². The molecular weight excluding hydrogens is 698 g/mol. The molecule has 5 nitrogen and oxygen atoms in total. The summed E-state index contributed by atoms with van der Waals surface area (Å²) in [6, 6.07) is 42.6. The van der Waals surface area contributed by atoms with Crippen LogP contribution in [0.2, 0.25) is 0 Å². The molecule has 206 valence electrons. The Labute approximate surface area is 259 Å². The molecule has 0 atom stereocenters. The van der Waals surface area contributed by atoms with E-state index in [1.807, 2.05) is 85.5 Å². The fourth-order valence-corrected chi connectivity index (χ4v) is 5.44. The minimum absolute atomic E-state index is 0. The molecule has 0 aliphatic rings. The monoisotopic (exact) mass is 724 g/mol. The number of pyridine rings is 3. The Morgan fingerprint density at radius 2 is 1.31 bits per heavy atom. The molecule has 0 saturated carbocycles. The second-order valence-corrected chi connectivity index (χ2v) is 10.5. The van der Waals surface area contributed by atoms with Crippen LogP contribution in [0.4, 0.5) is 17.2 Å². The summed E-state index contributed by atoms with van der Waals surface area (Å²) in [5.41, 5.74) is 6.81. The van der Waals surface area contributed by atoms with Crippen molar-refractivity contribution in [2.24, 2.45) is 0 Å². The number of para-hydroxylation sites is 1. The second-order valence-electron chi connectivity index (χ2n) is 10.5. The van der Waals surface area contributed by atoms with Crippen molar-refractivity contribution in [3.05, 3.63) is 151 Å². The zero-order chi connectivity index (χ0) is 27.8. The van der Waals surface area contributed by atoms with Gasteiger partial charge >= 0.3 is 21.1 Å². The third-order valence-electron chi connectivity index (χ3n) is 7.60. The van der Waals surface area contributed by atoms with Crippen molar-refractivity contribution < 1.29 is 21.1 Å². The summed E-state index contributed by atoms with van der Waals surface area (Å²) < 4.78 is 2.26. The first-order valence-corrected chi connectivity index (χ1v) is 13.6. The van der Waals surface area contributed by atoms with Gasteiger partial charge < -0.3 is 9.47 Å². The molecule has 0 aliphatic heterocycles. The third kappa shape index (κ3) is 4.80. The van der Waals surface area contributed by atoms with Crippen LogP contribution in [-0.4, -0.2) is 19.5 Å². The average molecular weight is 725 g/mol. The van der Waals surface area contributed by atoms with E-state index < -0.39 is 0 Å². The van der Waals surface area contributed by atoms with E-state index >= 15 is 0 Å². The molecule has 0 unspecified atom stereocenters. The molecule has 0 aliphatic carbocycles. The van der Waals surface area contributed by atoms with Gasteiger partial charge in [0, 0.05) is 47.3 Å². The maximum Gasteiger partial charge on any atom is 2.00 e. The van der Waals surface area contributed by atoms with Crippen LogP contribution >= 0.6 is 0 Å². The molecule has 0 spiro atoms. The van der Waals surface area contributed by atoms with Crippen LogP contribution in [0.5, 0.6) is 0 Å². The van der Waals surface area contributed by atoms with Crippen LogP contribution < -0.4 is 4.90 Å². The molecular formula is C36H27N5Pt. The Morgan fingerprint density at radius 1 is 0.643 bits per heavy atom. The number of fused-ring (bicyclic) bond motifs is 3. The Bertz CT molecular complexity index is 1920. The minimum Gasteiger partial charge on any atom is -0.409 e. The van der Waals surface area contributed by atoms with Crippen molar-refractivity contribution in [3.63, 3.8) is 0 Å². The van der Waals surface area contributed by atoms with Gasteiger partial charge in [-0.1, -0.05) is 55.2 Å². The number of benzene rings is 3. The van der Waals surface area contributed by atoms with Gasteiger partial charge in [0.05, 0.1) is 0 Å². The van der Waals surface area contributed by atoms with E-state index in [1.54, 1.807) is 0 Å². The van der Waals surface area contributed by atoms with E-state index in [-0.39, 0.29) is 26.5 Å². The van der Waals surface area contributed by atoms with Gasteiger partial charge in [-0.25, -0.2) is 10.4 Å². The zero-order valence-electron chi connectivity index (χ0n) is 23.2. The van der Waals surface area contributed by atoms with Crippen molar-refractivity contribution in [1.29, 1.82) is 0 Å². The van der Waals surface area contributed by atoms with E-state index in [4.69, 9.17) is 0 Å². The number of anilines is 3. The number of nitrogens with zero attached hydrogens (tertiary/aromatic N) is 5. The van der Waals surface area contributed by atoms with E-state index in [0.29, 0.717) is 0 Å². The molecule has 7 aromatic rings. The Hall–Kier alpha value is -4.60. The fraction of sp³-hybridized carbons (Fsp3) is 0.0833. The van der Waals surface area contributed by atoms with Gasteiger partial charge in [-0.3, -0.25) is 9.97 Å². The predicted molar refractivity (Wildman–Crippen MR) is 165 cm³/mol. The Kier molecular flexibility index (Phi) is 7.45. The summed E-state index contributed by atoms with van der Waals surface area (Å²) in [5.74, 6) is 0.827. The predicted octanol–water partition coefficient (Wildman–Crippen LogP) is 8.36. The molecule has 0 bridgehead atoms. The molecule has 0 N–H and O–H groups in total. The molecule has 4 heterocycles. The Morgan fingerprint density at radius 3 is 2.00 bits per heavy atom. The van der Waals surface area contributed by atoms with Gasteiger partial charge in [0.2, 0.25) is 0 Å². The number of hydrogen-bond acceptors (Lipinski definition) is 4. The minimum atomic E-state index is -0.331. The average Bonchev–Trinajstić information content (AvgIpc) is 3.36. The fourth-order valence-electron chi connectivity index (χ4n) is 5.44. The summed E-state index contributed by atoms with van der Waals surface area (Å²) >= 11 is 0. The van der Waals surface area contributed by atoms with Gasteiger partial charge in [0.15, 0.2) is 0 Å². The van der Waals surface area contributed by atoms with Crippen LogP contribution in [-0.2, 0) is 26.5 Å². The number of rotatable bonds is 6. The van der Waals surface area contributed by atoms with Crippen LogP contribution in [0.1, 0.15) is 25.1 Å². The molecule has 6 heteroatoms. The molecule has 0 fully saturated rings. The SMILES string of the molecule is CC(C)(c1[c-]c2c3[c-]c(N(c4ccccc4)c4ccccn4)ccc3n(-c3ccncc3)c2cc1)c1ccccn1.[Pt+2]. The topological polar surface area (TPSA) is 46.8 Å². The number of hydrogen-bond donors (Lipinski definition) is 0.